The molecular weight excluding hydrogens is 272 g/mol. The molecular formula is C14H16N4OS. The van der Waals surface area contributed by atoms with Crippen LogP contribution in [0.3, 0.4) is 0 Å². The topological polar surface area (TPSA) is 60.7 Å². The number of benzene rings is 1. The van der Waals surface area contributed by atoms with Crippen LogP contribution in [-0.2, 0) is 0 Å². The van der Waals surface area contributed by atoms with E-state index in [0.29, 0.717) is 11.8 Å². The molecule has 0 amide bonds. The molecule has 0 spiro atoms. The Hall–Kier alpha value is -1.69. The van der Waals surface area contributed by atoms with Crippen molar-refractivity contribution in [2.75, 3.05) is 5.75 Å². The molecule has 1 saturated carbocycles. The number of ketones is 1. The first kappa shape index (κ1) is 13.3. The van der Waals surface area contributed by atoms with E-state index in [-0.39, 0.29) is 5.78 Å². The summed E-state index contributed by atoms with van der Waals surface area (Å²) < 4.78 is 1.83. The van der Waals surface area contributed by atoms with Gasteiger partial charge in [0.2, 0.25) is 5.16 Å². The highest BCUT2D eigenvalue weighted by Crippen LogP contribution is 2.36. The second kappa shape index (κ2) is 5.36. The third-order valence-electron chi connectivity index (χ3n) is 3.52. The van der Waals surface area contributed by atoms with Gasteiger partial charge in [0.25, 0.3) is 0 Å². The fourth-order valence-electron chi connectivity index (χ4n) is 1.96. The summed E-state index contributed by atoms with van der Waals surface area (Å²) in [4.78, 5) is 12.2. The molecule has 0 radical (unpaired) electrons. The smallest absolute Gasteiger partial charge is 0.210 e. The molecule has 1 aliphatic rings. The zero-order valence-corrected chi connectivity index (χ0v) is 12.4. The van der Waals surface area contributed by atoms with Crippen LogP contribution in [0.2, 0.25) is 0 Å². The van der Waals surface area contributed by atoms with Gasteiger partial charge in [0.05, 0.1) is 11.8 Å². The Bertz CT molecular complexity index is 648. The Morgan fingerprint density at radius 2 is 2.15 bits per heavy atom. The molecule has 1 aromatic heterocycles. The quantitative estimate of drug-likeness (QED) is 0.625. The molecule has 1 aromatic carbocycles. The minimum atomic E-state index is 0.114. The second-order valence-electron chi connectivity index (χ2n) is 5.15. The number of carbonyl (C=O) groups excluding carboxylic acids is 1. The molecule has 1 fully saturated rings. The number of nitrogens with zero attached hydrogens (tertiary/aromatic N) is 4. The van der Waals surface area contributed by atoms with Crippen LogP contribution < -0.4 is 0 Å². The molecule has 0 aliphatic heterocycles. The number of aryl methyl sites for hydroxylation is 2. The largest absolute Gasteiger partial charge is 0.293 e. The highest BCUT2D eigenvalue weighted by atomic mass is 32.2. The van der Waals surface area contributed by atoms with E-state index in [1.165, 1.54) is 17.3 Å². The number of rotatable bonds is 5. The third-order valence-corrected chi connectivity index (χ3v) is 4.45. The molecule has 3 rings (SSSR count). The van der Waals surface area contributed by atoms with Crippen molar-refractivity contribution in [2.24, 2.45) is 0 Å². The molecule has 5 nitrogen and oxygen atoms in total. The summed E-state index contributed by atoms with van der Waals surface area (Å²) in [5.74, 6) is 0.485. The maximum absolute atomic E-state index is 12.2. The van der Waals surface area contributed by atoms with Crippen molar-refractivity contribution in [3.8, 4) is 0 Å². The van der Waals surface area contributed by atoms with Crippen molar-refractivity contribution in [2.45, 2.75) is 37.9 Å². The zero-order valence-electron chi connectivity index (χ0n) is 11.5. The molecule has 0 unspecified atom stereocenters. The minimum absolute atomic E-state index is 0.114. The van der Waals surface area contributed by atoms with Crippen LogP contribution in [0.25, 0.3) is 0 Å². The van der Waals surface area contributed by atoms with Crippen molar-refractivity contribution in [3.63, 3.8) is 0 Å². The van der Waals surface area contributed by atoms with Crippen molar-refractivity contribution < 1.29 is 4.79 Å². The van der Waals surface area contributed by atoms with E-state index in [0.717, 1.165) is 29.1 Å². The van der Waals surface area contributed by atoms with Crippen LogP contribution in [0, 0.1) is 13.8 Å². The number of aromatic nitrogens is 4. The monoisotopic (exact) mass is 288 g/mol. The lowest BCUT2D eigenvalue weighted by molar-refractivity contribution is 0.102. The van der Waals surface area contributed by atoms with E-state index in [1.54, 1.807) is 0 Å². The van der Waals surface area contributed by atoms with Crippen LogP contribution in [0.1, 0.15) is 40.4 Å². The fraction of sp³-hybridized carbons (Fsp3) is 0.429. The minimum Gasteiger partial charge on any atom is -0.293 e. The molecule has 0 bridgehead atoms. The van der Waals surface area contributed by atoms with Crippen LogP contribution in [0.5, 0.6) is 0 Å². The van der Waals surface area contributed by atoms with E-state index < -0.39 is 0 Å². The van der Waals surface area contributed by atoms with Crippen LogP contribution in [-0.4, -0.2) is 31.7 Å². The first-order chi connectivity index (χ1) is 9.65. The van der Waals surface area contributed by atoms with Crippen LogP contribution >= 0.6 is 11.8 Å². The van der Waals surface area contributed by atoms with E-state index in [9.17, 15) is 4.79 Å². The predicted molar refractivity (Wildman–Crippen MR) is 77.1 cm³/mol. The summed E-state index contributed by atoms with van der Waals surface area (Å²) in [7, 11) is 0. The van der Waals surface area contributed by atoms with Crippen molar-refractivity contribution in [3.05, 3.63) is 34.9 Å². The lowest BCUT2D eigenvalue weighted by atomic mass is 10.0. The van der Waals surface area contributed by atoms with Gasteiger partial charge in [-0.25, -0.2) is 4.68 Å². The Labute approximate surface area is 121 Å². The van der Waals surface area contributed by atoms with Gasteiger partial charge in [-0.2, -0.15) is 0 Å². The summed E-state index contributed by atoms with van der Waals surface area (Å²) in [5, 5.41) is 12.4. The van der Waals surface area contributed by atoms with Gasteiger partial charge in [0, 0.05) is 5.56 Å². The molecule has 104 valence electrons. The van der Waals surface area contributed by atoms with E-state index in [2.05, 4.69) is 15.5 Å². The summed E-state index contributed by atoms with van der Waals surface area (Å²) in [6.07, 6.45) is 2.26. The normalized spacial score (nSPS) is 14.5. The van der Waals surface area contributed by atoms with Crippen molar-refractivity contribution >= 4 is 17.5 Å². The van der Waals surface area contributed by atoms with Crippen molar-refractivity contribution in [1.82, 2.24) is 20.2 Å². The first-order valence-electron chi connectivity index (χ1n) is 6.66. The molecule has 20 heavy (non-hydrogen) atoms. The summed E-state index contributed by atoms with van der Waals surface area (Å²) in [5.41, 5.74) is 3.10. The molecule has 0 atom stereocenters. The molecule has 1 heterocycles. The summed E-state index contributed by atoms with van der Waals surface area (Å²) in [6, 6.07) is 6.25. The van der Waals surface area contributed by atoms with Gasteiger partial charge in [0.1, 0.15) is 0 Å². The van der Waals surface area contributed by atoms with E-state index in [1.807, 2.05) is 36.7 Å². The molecule has 0 N–H and O–H groups in total. The number of carbonyl (C=O) groups is 1. The van der Waals surface area contributed by atoms with Crippen LogP contribution in [0.4, 0.5) is 0 Å². The number of thioether (sulfide) groups is 1. The van der Waals surface area contributed by atoms with E-state index >= 15 is 0 Å². The highest BCUT2D eigenvalue weighted by molar-refractivity contribution is 7.99. The number of Topliss-reactive ketones (excluding diaryl/α,β-unsaturated/α-hetero) is 1. The maximum Gasteiger partial charge on any atom is 0.210 e. The number of hydrogen-bond donors (Lipinski definition) is 0. The van der Waals surface area contributed by atoms with E-state index in [4.69, 9.17) is 0 Å². The molecule has 1 aliphatic carbocycles. The Balaban J connectivity index is 1.66. The lowest BCUT2D eigenvalue weighted by Crippen LogP contribution is -2.05. The van der Waals surface area contributed by atoms with Gasteiger partial charge >= 0.3 is 0 Å². The second-order valence-corrected chi connectivity index (χ2v) is 6.09. The van der Waals surface area contributed by atoms with Crippen molar-refractivity contribution in [1.29, 1.82) is 0 Å². The standard InChI is InChI=1S/C14H16N4OS/c1-9-3-4-11(7-10(9)2)13(19)8-20-14-15-16-17-18(14)12-5-6-12/h3-4,7,12H,5-6,8H2,1-2H3. The average molecular weight is 288 g/mol. The maximum atomic E-state index is 12.2. The highest BCUT2D eigenvalue weighted by Gasteiger charge is 2.28. The van der Waals surface area contributed by atoms with Crippen LogP contribution in [0.15, 0.2) is 23.4 Å². The van der Waals surface area contributed by atoms with Gasteiger partial charge in [-0.3, -0.25) is 4.79 Å². The summed E-state index contributed by atoms with van der Waals surface area (Å²) in [6.45, 7) is 4.06. The Kier molecular flexibility index (Phi) is 3.56. The summed E-state index contributed by atoms with van der Waals surface area (Å²) >= 11 is 1.41. The van der Waals surface area contributed by atoms with Gasteiger partial charge < -0.3 is 0 Å². The predicted octanol–water partition coefficient (Wildman–Crippen LogP) is 2.60. The average Bonchev–Trinajstić information content (AvgIpc) is 3.18. The lowest BCUT2D eigenvalue weighted by Gasteiger charge is -2.05. The third kappa shape index (κ3) is 2.75. The zero-order chi connectivity index (χ0) is 14.1. The van der Waals surface area contributed by atoms with Gasteiger partial charge in [0.15, 0.2) is 5.78 Å². The first-order valence-corrected chi connectivity index (χ1v) is 7.65. The molecule has 2 aromatic rings. The van der Waals surface area contributed by atoms with Gasteiger partial charge in [-0.05, 0) is 54.3 Å². The van der Waals surface area contributed by atoms with Gasteiger partial charge in [-0.15, -0.1) is 5.10 Å². The Morgan fingerprint density at radius 3 is 2.85 bits per heavy atom. The molecule has 6 heteroatoms. The fourth-order valence-corrected chi connectivity index (χ4v) is 2.80. The Morgan fingerprint density at radius 1 is 1.35 bits per heavy atom. The number of hydrogen-bond acceptors (Lipinski definition) is 5. The number of tetrazole rings is 1. The van der Waals surface area contributed by atoms with Gasteiger partial charge in [-0.1, -0.05) is 23.9 Å². The SMILES string of the molecule is Cc1ccc(C(=O)CSc2nnnn2C2CC2)cc1C. The molecule has 0 saturated heterocycles.